The molecule has 6 nitrogen and oxygen atoms in total. The Kier molecular flexibility index (Phi) is 5.92. The molecule has 0 atom stereocenters. The van der Waals surface area contributed by atoms with Gasteiger partial charge in [0.05, 0.1) is 5.69 Å². The van der Waals surface area contributed by atoms with E-state index < -0.39 is 0 Å². The topological polar surface area (TPSA) is 69.3 Å². The van der Waals surface area contributed by atoms with Crippen LogP contribution in [-0.2, 0) is 11.2 Å². The predicted molar refractivity (Wildman–Crippen MR) is 104 cm³/mol. The van der Waals surface area contributed by atoms with Crippen LogP contribution in [0.3, 0.4) is 0 Å². The first-order valence-corrected chi connectivity index (χ1v) is 9.28. The molecule has 0 saturated carbocycles. The molecule has 1 saturated heterocycles. The molecule has 0 spiro atoms. The lowest BCUT2D eigenvalue weighted by atomic mass is 10.1. The van der Waals surface area contributed by atoms with Crippen LogP contribution in [0, 0.1) is 11.8 Å². The lowest BCUT2D eigenvalue weighted by Crippen LogP contribution is -2.37. The van der Waals surface area contributed by atoms with Crippen molar-refractivity contribution in [3.8, 4) is 23.1 Å². The van der Waals surface area contributed by atoms with Crippen LogP contribution >= 0.6 is 0 Å². The summed E-state index contributed by atoms with van der Waals surface area (Å²) in [6.45, 7) is 5.99. The molecule has 1 fully saturated rings. The lowest BCUT2D eigenvalue weighted by Gasteiger charge is -2.20. The van der Waals surface area contributed by atoms with E-state index in [0.717, 1.165) is 24.1 Å². The van der Waals surface area contributed by atoms with Gasteiger partial charge in [0.25, 0.3) is 11.8 Å². The Morgan fingerprint density at radius 1 is 1.11 bits per heavy atom. The number of nitrogens with one attached hydrogen (secondary N) is 1. The zero-order valence-corrected chi connectivity index (χ0v) is 15.8. The molecule has 0 radical (unpaired) electrons. The Morgan fingerprint density at radius 3 is 2.52 bits per heavy atom. The highest BCUT2D eigenvalue weighted by Gasteiger charge is 2.23. The Morgan fingerprint density at radius 2 is 1.81 bits per heavy atom. The molecule has 0 bridgehead atoms. The number of benzene rings is 1. The van der Waals surface area contributed by atoms with Gasteiger partial charge in [-0.2, -0.15) is 5.10 Å². The molecule has 27 heavy (non-hydrogen) atoms. The number of carbonyl (C=O) groups is 2. The van der Waals surface area contributed by atoms with Gasteiger partial charge in [-0.05, 0) is 37.3 Å². The molecule has 1 aliphatic heterocycles. The SMILES string of the molecule is CC#CC(=O)N1CCCN(C(=O)c2cc(-c3ccc(CC)cc3)n[nH]2)CC1. The maximum Gasteiger partial charge on any atom is 0.298 e. The molecular weight excluding hydrogens is 340 g/mol. The molecule has 6 heteroatoms. The lowest BCUT2D eigenvalue weighted by molar-refractivity contribution is -0.124. The van der Waals surface area contributed by atoms with E-state index in [1.54, 1.807) is 22.8 Å². The number of hydrogen-bond donors (Lipinski definition) is 1. The standard InChI is InChI=1S/C21H24N4O2/c1-3-6-20(26)24-11-5-12-25(14-13-24)21(27)19-15-18(22-23-19)17-9-7-16(4-2)8-10-17/h7-10,15H,4-5,11-14H2,1-2H3,(H,22,23). The summed E-state index contributed by atoms with van der Waals surface area (Å²) in [5, 5.41) is 7.15. The predicted octanol–water partition coefficient (Wildman–Crippen LogP) is 2.34. The van der Waals surface area contributed by atoms with Gasteiger partial charge in [0.2, 0.25) is 0 Å². The van der Waals surface area contributed by atoms with Crippen molar-refractivity contribution in [1.29, 1.82) is 0 Å². The first kappa shape index (κ1) is 18.7. The highest BCUT2D eigenvalue weighted by molar-refractivity contribution is 5.94. The minimum absolute atomic E-state index is 0.0881. The summed E-state index contributed by atoms with van der Waals surface area (Å²) in [4.78, 5) is 28.2. The summed E-state index contributed by atoms with van der Waals surface area (Å²) in [5.74, 6) is 4.94. The fourth-order valence-corrected chi connectivity index (χ4v) is 3.17. The van der Waals surface area contributed by atoms with Crippen LogP contribution in [0.5, 0.6) is 0 Å². The number of aromatic amines is 1. The van der Waals surface area contributed by atoms with Gasteiger partial charge in [0.15, 0.2) is 0 Å². The summed E-state index contributed by atoms with van der Waals surface area (Å²) in [6, 6.07) is 9.98. The van der Waals surface area contributed by atoms with Crippen LogP contribution in [0.1, 0.15) is 36.3 Å². The van der Waals surface area contributed by atoms with Gasteiger partial charge in [-0.15, -0.1) is 0 Å². The Balaban J connectivity index is 1.68. The highest BCUT2D eigenvalue weighted by atomic mass is 16.2. The first-order chi connectivity index (χ1) is 13.1. The number of carbonyl (C=O) groups excluding carboxylic acids is 2. The number of hydrogen-bond acceptors (Lipinski definition) is 3. The number of aromatic nitrogens is 2. The van der Waals surface area contributed by atoms with Gasteiger partial charge in [-0.1, -0.05) is 37.1 Å². The third-order valence-corrected chi connectivity index (χ3v) is 4.77. The summed E-state index contributed by atoms with van der Waals surface area (Å²) < 4.78 is 0. The van der Waals surface area contributed by atoms with Gasteiger partial charge < -0.3 is 9.80 Å². The summed E-state index contributed by atoms with van der Waals surface area (Å²) in [7, 11) is 0. The van der Waals surface area contributed by atoms with E-state index in [2.05, 4.69) is 41.1 Å². The second-order valence-electron chi connectivity index (χ2n) is 6.53. The quantitative estimate of drug-likeness (QED) is 0.850. The van der Waals surface area contributed by atoms with Gasteiger partial charge in [0, 0.05) is 31.7 Å². The number of rotatable bonds is 3. The number of H-pyrrole nitrogens is 1. The van der Waals surface area contributed by atoms with E-state index in [-0.39, 0.29) is 11.8 Å². The number of aryl methyl sites for hydroxylation is 1. The van der Waals surface area contributed by atoms with Gasteiger partial charge in [-0.3, -0.25) is 14.7 Å². The van der Waals surface area contributed by atoms with Crippen LogP contribution in [0.4, 0.5) is 0 Å². The van der Waals surface area contributed by atoms with Crippen molar-refractivity contribution in [2.24, 2.45) is 0 Å². The molecule has 1 aromatic carbocycles. The van der Waals surface area contributed by atoms with Crippen LogP contribution in [-0.4, -0.2) is 58.0 Å². The van der Waals surface area contributed by atoms with E-state index >= 15 is 0 Å². The van der Waals surface area contributed by atoms with Crippen molar-refractivity contribution < 1.29 is 9.59 Å². The number of nitrogens with zero attached hydrogens (tertiary/aromatic N) is 3. The van der Waals surface area contributed by atoms with Crippen molar-refractivity contribution in [1.82, 2.24) is 20.0 Å². The fraction of sp³-hybridized carbons (Fsp3) is 0.381. The minimum atomic E-state index is -0.175. The average Bonchev–Trinajstić information content (AvgIpc) is 3.05. The smallest absolute Gasteiger partial charge is 0.298 e. The molecule has 1 N–H and O–H groups in total. The second-order valence-corrected chi connectivity index (χ2v) is 6.53. The first-order valence-electron chi connectivity index (χ1n) is 9.28. The Hall–Kier alpha value is -3.07. The van der Waals surface area contributed by atoms with E-state index in [9.17, 15) is 9.59 Å². The largest absolute Gasteiger partial charge is 0.335 e. The molecule has 1 aliphatic rings. The average molecular weight is 364 g/mol. The van der Waals surface area contributed by atoms with E-state index in [1.165, 1.54) is 5.56 Å². The monoisotopic (exact) mass is 364 g/mol. The van der Waals surface area contributed by atoms with E-state index in [1.807, 2.05) is 12.1 Å². The van der Waals surface area contributed by atoms with Gasteiger partial charge in [0.1, 0.15) is 5.69 Å². The zero-order chi connectivity index (χ0) is 19.2. The van der Waals surface area contributed by atoms with Crippen molar-refractivity contribution in [2.75, 3.05) is 26.2 Å². The van der Waals surface area contributed by atoms with Crippen molar-refractivity contribution in [3.63, 3.8) is 0 Å². The maximum absolute atomic E-state index is 12.8. The molecular formula is C21H24N4O2. The normalized spacial score (nSPS) is 14.3. The Labute approximate surface area is 159 Å². The zero-order valence-electron chi connectivity index (χ0n) is 15.8. The molecule has 0 aliphatic carbocycles. The summed E-state index contributed by atoms with van der Waals surface area (Å²) in [6.07, 6.45) is 1.73. The third-order valence-electron chi connectivity index (χ3n) is 4.77. The van der Waals surface area contributed by atoms with Crippen LogP contribution in [0.2, 0.25) is 0 Å². The fourth-order valence-electron chi connectivity index (χ4n) is 3.17. The summed E-state index contributed by atoms with van der Waals surface area (Å²) in [5.41, 5.74) is 3.47. The van der Waals surface area contributed by atoms with E-state index in [4.69, 9.17) is 0 Å². The van der Waals surface area contributed by atoms with Crippen molar-refractivity contribution in [2.45, 2.75) is 26.7 Å². The van der Waals surface area contributed by atoms with Crippen molar-refractivity contribution in [3.05, 3.63) is 41.6 Å². The number of amides is 2. The Bertz CT molecular complexity index is 874. The molecule has 2 aromatic rings. The van der Waals surface area contributed by atoms with Crippen LogP contribution < -0.4 is 0 Å². The third kappa shape index (κ3) is 4.37. The highest BCUT2D eigenvalue weighted by Crippen LogP contribution is 2.19. The molecule has 1 aromatic heterocycles. The molecule has 2 amide bonds. The van der Waals surface area contributed by atoms with Crippen LogP contribution in [0.15, 0.2) is 30.3 Å². The van der Waals surface area contributed by atoms with Crippen LogP contribution in [0.25, 0.3) is 11.3 Å². The molecule has 2 heterocycles. The summed E-state index contributed by atoms with van der Waals surface area (Å²) >= 11 is 0. The van der Waals surface area contributed by atoms with E-state index in [0.29, 0.717) is 31.9 Å². The van der Waals surface area contributed by atoms with Gasteiger partial charge in [-0.25, -0.2) is 0 Å². The molecule has 140 valence electrons. The van der Waals surface area contributed by atoms with Gasteiger partial charge >= 0.3 is 0 Å². The molecule has 3 rings (SSSR count). The minimum Gasteiger partial charge on any atom is -0.335 e. The van der Waals surface area contributed by atoms with Crippen molar-refractivity contribution >= 4 is 11.8 Å². The molecule has 0 unspecified atom stereocenters. The maximum atomic E-state index is 12.8. The second kappa shape index (κ2) is 8.54.